The Kier molecular flexibility index (Phi) is 5.09. The summed E-state index contributed by atoms with van der Waals surface area (Å²) in [7, 11) is 0. The molecule has 0 N–H and O–H groups in total. The summed E-state index contributed by atoms with van der Waals surface area (Å²) in [6, 6.07) is 6.57. The minimum atomic E-state index is 0.133. The van der Waals surface area contributed by atoms with E-state index in [0.717, 1.165) is 18.9 Å². The maximum Gasteiger partial charge on any atom is 0.123 e. The molecule has 0 aromatic heterocycles. The van der Waals surface area contributed by atoms with Gasteiger partial charge >= 0.3 is 0 Å². The van der Waals surface area contributed by atoms with Gasteiger partial charge in [-0.2, -0.15) is 0 Å². The average Bonchev–Trinajstić information content (AvgIpc) is 2.38. The van der Waals surface area contributed by atoms with Gasteiger partial charge in [-0.1, -0.05) is 39.3 Å². The quantitative estimate of drug-likeness (QED) is 0.818. The summed E-state index contributed by atoms with van der Waals surface area (Å²) in [4.78, 5) is 2.52. The molecule has 0 radical (unpaired) electrons. The van der Waals surface area contributed by atoms with E-state index < -0.39 is 0 Å². The average molecular weight is 275 g/mol. The lowest BCUT2D eigenvalue weighted by molar-refractivity contribution is 0.182. The van der Waals surface area contributed by atoms with Crippen LogP contribution in [0.2, 0.25) is 0 Å². The monoisotopic (exact) mass is 275 g/mol. The van der Waals surface area contributed by atoms with Crippen molar-refractivity contribution < 1.29 is 4.74 Å². The molecule has 1 heterocycles. The Morgan fingerprint density at radius 3 is 2.45 bits per heavy atom. The molecular weight excluding hydrogens is 246 g/mol. The van der Waals surface area contributed by atoms with Crippen LogP contribution in [0.25, 0.3) is 0 Å². The lowest BCUT2D eigenvalue weighted by Gasteiger charge is -2.27. The van der Waals surface area contributed by atoms with Gasteiger partial charge in [0.15, 0.2) is 0 Å². The van der Waals surface area contributed by atoms with Crippen LogP contribution < -0.4 is 4.74 Å². The lowest BCUT2D eigenvalue weighted by Crippen LogP contribution is -2.33. The first kappa shape index (κ1) is 15.4. The van der Waals surface area contributed by atoms with Crippen molar-refractivity contribution in [3.8, 4) is 5.75 Å². The van der Waals surface area contributed by atoms with Crippen molar-refractivity contribution in [2.75, 3.05) is 26.2 Å². The van der Waals surface area contributed by atoms with Crippen molar-refractivity contribution in [2.45, 2.75) is 52.4 Å². The number of ether oxygens (including phenoxy) is 1. The van der Waals surface area contributed by atoms with Crippen LogP contribution >= 0.6 is 0 Å². The predicted octanol–water partition coefficient (Wildman–Crippen LogP) is 4.16. The summed E-state index contributed by atoms with van der Waals surface area (Å²) >= 11 is 0. The summed E-state index contributed by atoms with van der Waals surface area (Å²) in [6.07, 6.45) is 4.08. The third kappa shape index (κ3) is 4.24. The fourth-order valence-electron chi connectivity index (χ4n) is 2.84. The van der Waals surface area contributed by atoms with Gasteiger partial charge in [0.05, 0.1) is 0 Å². The van der Waals surface area contributed by atoms with Gasteiger partial charge in [-0.3, -0.25) is 4.90 Å². The number of likely N-dealkylation sites (tertiary alicyclic amines) is 1. The number of nitrogens with zero attached hydrogens (tertiary/aromatic N) is 1. The van der Waals surface area contributed by atoms with E-state index in [0.29, 0.717) is 0 Å². The predicted molar refractivity (Wildman–Crippen MR) is 85.7 cm³/mol. The van der Waals surface area contributed by atoms with Crippen LogP contribution in [-0.4, -0.2) is 31.1 Å². The molecule has 1 aromatic carbocycles. The van der Waals surface area contributed by atoms with Crippen molar-refractivity contribution in [2.24, 2.45) is 0 Å². The minimum Gasteiger partial charge on any atom is -0.492 e. The molecule has 20 heavy (non-hydrogen) atoms. The third-order valence-corrected chi connectivity index (χ3v) is 4.06. The first-order chi connectivity index (χ1) is 9.47. The minimum absolute atomic E-state index is 0.133. The van der Waals surface area contributed by atoms with Crippen LogP contribution in [0.4, 0.5) is 0 Å². The highest BCUT2D eigenvalue weighted by atomic mass is 16.5. The number of aryl methyl sites for hydroxylation is 1. The Morgan fingerprint density at radius 2 is 1.80 bits per heavy atom. The Bertz CT molecular complexity index is 428. The van der Waals surface area contributed by atoms with Gasteiger partial charge in [-0.05, 0) is 55.5 Å². The molecule has 2 heteroatoms. The van der Waals surface area contributed by atoms with Gasteiger partial charge < -0.3 is 4.74 Å². The van der Waals surface area contributed by atoms with Crippen LogP contribution in [0.3, 0.4) is 0 Å². The molecule has 1 aliphatic rings. The molecule has 2 rings (SSSR count). The summed E-state index contributed by atoms with van der Waals surface area (Å²) in [5.41, 5.74) is 2.71. The van der Waals surface area contributed by atoms with E-state index in [1.807, 2.05) is 0 Å². The second-order valence-electron chi connectivity index (χ2n) is 7.00. The van der Waals surface area contributed by atoms with Crippen LogP contribution in [0, 0.1) is 6.92 Å². The molecule has 0 bridgehead atoms. The molecule has 1 saturated heterocycles. The molecule has 2 nitrogen and oxygen atoms in total. The highest BCUT2D eigenvalue weighted by Gasteiger charge is 2.19. The SMILES string of the molecule is Cc1ccc(C(C)(C)C)c(OCCN2CCCCC2)c1. The van der Waals surface area contributed by atoms with Crippen molar-refractivity contribution in [3.05, 3.63) is 29.3 Å². The summed E-state index contributed by atoms with van der Waals surface area (Å²) < 4.78 is 6.11. The number of hydrogen-bond acceptors (Lipinski definition) is 2. The molecule has 0 atom stereocenters. The van der Waals surface area contributed by atoms with Crippen molar-refractivity contribution >= 4 is 0 Å². The highest BCUT2D eigenvalue weighted by molar-refractivity contribution is 5.41. The largest absolute Gasteiger partial charge is 0.492 e. The smallest absolute Gasteiger partial charge is 0.123 e. The fraction of sp³-hybridized carbons (Fsp3) is 0.667. The summed E-state index contributed by atoms with van der Waals surface area (Å²) in [5.74, 6) is 1.06. The molecule has 112 valence electrons. The summed E-state index contributed by atoms with van der Waals surface area (Å²) in [6.45, 7) is 13.2. The van der Waals surface area contributed by atoms with E-state index in [1.54, 1.807) is 0 Å². The van der Waals surface area contributed by atoms with Crippen molar-refractivity contribution in [3.63, 3.8) is 0 Å². The second-order valence-corrected chi connectivity index (χ2v) is 7.00. The summed E-state index contributed by atoms with van der Waals surface area (Å²) in [5, 5.41) is 0. The normalized spacial score (nSPS) is 17.2. The van der Waals surface area contributed by atoms with E-state index in [-0.39, 0.29) is 5.41 Å². The van der Waals surface area contributed by atoms with Gasteiger partial charge in [0.25, 0.3) is 0 Å². The van der Waals surface area contributed by atoms with E-state index in [9.17, 15) is 0 Å². The Labute approximate surface area is 124 Å². The van der Waals surface area contributed by atoms with Crippen LogP contribution in [0.5, 0.6) is 5.75 Å². The molecule has 0 spiro atoms. The third-order valence-electron chi connectivity index (χ3n) is 4.06. The van der Waals surface area contributed by atoms with Gasteiger partial charge in [-0.25, -0.2) is 0 Å². The van der Waals surface area contributed by atoms with Crippen LogP contribution in [0.15, 0.2) is 18.2 Å². The van der Waals surface area contributed by atoms with E-state index in [2.05, 4.69) is 50.8 Å². The van der Waals surface area contributed by atoms with E-state index in [4.69, 9.17) is 4.74 Å². The fourth-order valence-corrected chi connectivity index (χ4v) is 2.84. The molecule has 1 aromatic rings. The number of hydrogen-bond donors (Lipinski definition) is 0. The molecule has 0 unspecified atom stereocenters. The highest BCUT2D eigenvalue weighted by Crippen LogP contribution is 2.32. The van der Waals surface area contributed by atoms with Gasteiger partial charge in [0.1, 0.15) is 12.4 Å². The Morgan fingerprint density at radius 1 is 1.10 bits per heavy atom. The first-order valence-corrected chi connectivity index (χ1v) is 7.93. The van der Waals surface area contributed by atoms with Crippen LogP contribution in [0.1, 0.15) is 51.2 Å². The number of piperidine rings is 1. The maximum absolute atomic E-state index is 6.11. The van der Waals surface area contributed by atoms with Crippen LogP contribution in [-0.2, 0) is 5.41 Å². The van der Waals surface area contributed by atoms with Gasteiger partial charge in [-0.15, -0.1) is 0 Å². The van der Waals surface area contributed by atoms with Crippen molar-refractivity contribution in [1.82, 2.24) is 4.90 Å². The zero-order valence-corrected chi connectivity index (χ0v) is 13.5. The Balaban J connectivity index is 1.95. The molecular formula is C18H29NO. The molecule has 0 amide bonds. The zero-order valence-electron chi connectivity index (χ0n) is 13.5. The number of benzene rings is 1. The van der Waals surface area contributed by atoms with Gasteiger partial charge in [0.2, 0.25) is 0 Å². The lowest BCUT2D eigenvalue weighted by atomic mass is 9.86. The van der Waals surface area contributed by atoms with E-state index >= 15 is 0 Å². The Hall–Kier alpha value is -1.02. The first-order valence-electron chi connectivity index (χ1n) is 7.93. The molecule has 0 aliphatic carbocycles. The zero-order chi connectivity index (χ0) is 14.6. The molecule has 1 fully saturated rings. The number of rotatable bonds is 4. The topological polar surface area (TPSA) is 12.5 Å². The standard InChI is InChI=1S/C18H29NO/c1-15-8-9-16(18(2,3)4)17(14-15)20-13-12-19-10-6-5-7-11-19/h8-9,14H,5-7,10-13H2,1-4H3. The molecule has 0 saturated carbocycles. The van der Waals surface area contributed by atoms with Gasteiger partial charge in [0, 0.05) is 6.54 Å². The maximum atomic E-state index is 6.11. The van der Waals surface area contributed by atoms with E-state index in [1.165, 1.54) is 43.5 Å². The molecule has 1 aliphatic heterocycles. The second kappa shape index (κ2) is 6.62. The van der Waals surface area contributed by atoms with Crippen molar-refractivity contribution in [1.29, 1.82) is 0 Å².